The van der Waals surface area contributed by atoms with Crippen LogP contribution in [0.25, 0.3) is 0 Å². The molecule has 0 spiro atoms. The van der Waals surface area contributed by atoms with E-state index in [-0.39, 0.29) is 6.10 Å². The molecule has 0 heterocycles. The smallest absolute Gasteiger partial charge is 0.330 e. The highest BCUT2D eigenvalue weighted by molar-refractivity contribution is 5.81. The Morgan fingerprint density at radius 2 is 1.89 bits per heavy atom. The maximum atomic E-state index is 11.0. The van der Waals surface area contributed by atoms with Gasteiger partial charge in [0, 0.05) is 6.08 Å². The van der Waals surface area contributed by atoms with Crippen molar-refractivity contribution in [3.8, 4) is 5.75 Å². The molecule has 3 nitrogen and oxygen atoms in total. The summed E-state index contributed by atoms with van der Waals surface area (Å²) < 4.78 is 10.5. The summed E-state index contributed by atoms with van der Waals surface area (Å²) in [5, 5.41) is 0. The standard InChI is InChI=1S/C15H20O3/c1-5-15(16)18-12(4)10-17-14-8-6-13(7-9-14)11(2)3/h5-9,11-12H,1,10H2,2-4H3. The molecular weight excluding hydrogens is 228 g/mol. The molecule has 3 heteroatoms. The van der Waals surface area contributed by atoms with E-state index in [9.17, 15) is 4.79 Å². The van der Waals surface area contributed by atoms with Gasteiger partial charge in [0.25, 0.3) is 0 Å². The lowest BCUT2D eigenvalue weighted by molar-refractivity contribution is -0.143. The topological polar surface area (TPSA) is 35.5 Å². The Labute approximate surface area is 108 Å². The highest BCUT2D eigenvalue weighted by Crippen LogP contribution is 2.18. The Balaban J connectivity index is 2.43. The Morgan fingerprint density at radius 3 is 2.39 bits per heavy atom. The number of carbonyl (C=O) groups excluding carboxylic acids is 1. The Hall–Kier alpha value is -1.77. The maximum Gasteiger partial charge on any atom is 0.330 e. The lowest BCUT2D eigenvalue weighted by Gasteiger charge is -2.14. The predicted octanol–water partition coefficient (Wildman–Crippen LogP) is 3.31. The number of carbonyl (C=O) groups is 1. The predicted molar refractivity (Wildman–Crippen MR) is 71.8 cm³/mol. The zero-order valence-corrected chi connectivity index (χ0v) is 11.2. The largest absolute Gasteiger partial charge is 0.490 e. The molecule has 0 amide bonds. The summed E-state index contributed by atoms with van der Waals surface area (Å²) in [5.74, 6) is 0.855. The van der Waals surface area contributed by atoms with Crippen molar-refractivity contribution in [2.45, 2.75) is 32.8 Å². The molecule has 1 aromatic carbocycles. The van der Waals surface area contributed by atoms with Gasteiger partial charge in [-0.3, -0.25) is 0 Å². The second kappa shape index (κ2) is 6.84. The van der Waals surface area contributed by atoms with Gasteiger partial charge in [-0.1, -0.05) is 32.6 Å². The first-order valence-electron chi connectivity index (χ1n) is 6.08. The first kappa shape index (κ1) is 14.3. The van der Waals surface area contributed by atoms with Gasteiger partial charge in [-0.2, -0.15) is 0 Å². The van der Waals surface area contributed by atoms with Crippen molar-refractivity contribution in [1.29, 1.82) is 0 Å². The number of benzene rings is 1. The summed E-state index contributed by atoms with van der Waals surface area (Å²) in [4.78, 5) is 11.0. The summed E-state index contributed by atoms with van der Waals surface area (Å²) in [7, 11) is 0. The zero-order chi connectivity index (χ0) is 13.5. The van der Waals surface area contributed by atoms with Crippen molar-refractivity contribution < 1.29 is 14.3 Å². The van der Waals surface area contributed by atoms with E-state index in [4.69, 9.17) is 9.47 Å². The summed E-state index contributed by atoms with van der Waals surface area (Å²) in [5.41, 5.74) is 1.27. The van der Waals surface area contributed by atoms with Crippen molar-refractivity contribution >= 4 is 5.97 Å². The fourth-order valence-electron chi connectivity index (χ4n) is 1.44. The average molecular weight is 248 g/mol. The molecule has 0 saturated heterocycles. The van der Waals surface area contributed by atoms with Gasteiger partial charge in [-0.05, 0) is 30.5 Å². The Morgan fingerprint density at radius 1 is 1.28 bits per heavy atom. The van der Waals surface area contributed by atoms with Crippen molar-refractivity contribution in [3.05, 3.63) is 42.5 Å². The number of hydrogen-bond acceptors (Lipinski definition) is 3. The van der Waals surface area contributed by atoms with E-state index in [1.165, 1.54) is 5.56 Å². The van der Waals surface area contributed by atoms with Gasteiger partial charge >= 0.3 is 5.97 Å². The number of rotatable bonds is 6. The maximum absolute atomic E-state index is 11.0. The molecule has 1 rings (SSSR count). The molecule has 1 unspecified atom stereocenters. The van der Waals surface area contributed by atoms with E-state index in [1.54, 1.807) is 6.92 Å². The van der Waals surface area contributed by atoms with Crippen molar-refractivity contribution in [3.63, 3.8) is 0 Å². The summed E-state index contributed by atoms with van der Waals surface area (Å²) in [6.45, 7) is 9.75. The number of hydrogen-bond donors (Lipinski definition) is 0. The van der Waals surface area contributed by atoms with Crippen LogP contribution < -0.4 is 4.74 Å². The normalized spacial score (nSPS) is 12.0. The third kappa shape index (κ3) is 4.62. The average Bonchev–Trinajstić information content (AvgIpc) is 2.36. The monoisotopic (exact) mass is 248 g/mol. The fourth-order valence-corrected chi connectivity index (χ4v) is 1.44. The second-order valence-corrected chi connectivity index (χ2v) is 4.49. The van der Waals surface area contributed by atoms with Crippen LogP contribution >= 0.6 is 0 Å². The van der Waals surface area contributed by atoms with E-state index in [2.05, 4.69) is 20.4 Å². The quantitative estimate of drug-likeness (QED) is 0.572. The molecule has 1 atom stereocenters. The van der Waals surface area contributed by atoms with Crippen molar-refractivity contribution in [1.82, 2.24) is 0 Å². The van der Waals surface area contributed by atoms with Gasteiger partial charge in [0.1, 0.15) is 18.5 Å². The van der Waals surface area contributed by atoms with Gasteiger partial charge in [0.2, 0.25) is 0 Å². The third-order valence-electron chi connectivity index (χ3n) is 2.52. The van der Waals surface area contributed by atoms with Crippen LogP contribution in [0, 0.1) is 0 Å². The molecule has 0 aromatic heterocycles. The summed E-state index contributed by atoms with van der Waals surface area (Å²) in [6, 6.07) is 7.94. The highest BCUT2D eigenvalue weighted by Gasteiger charge is 2.07. The lowest BCUT2D eigenvalue weighted by atomic mass is 10.0. The molecule has 0 saturated carbocycles. The van der Waals surface area contributed by atoms with Crippen LogP contribution in [0.3, 0.4) is 0 Å². The molecule has 0 N–H and O–H groups in total. The van der Waals surface area contributed by atoms with Crippen LogP contribution in [0.1, 0.15) is 32.3 Å². The Bertz CT molecular complexity index is 393. The summed E-state index contributed by atoms with van der Waals surface area (Å²) in [6.07, 6.45) is 0.855. The molecule has 0 fully saturated rings. The molecule has 0 aliphatic heterocycles. The van der Waals surface area contributed by atoms with Gasteiger partial charge < -0.3 is 9.47 Å². The van der Waals surface area contributed by atoms with Crippen molar-refractivity contribution in [2.75, 3.05) is 6.61 Å². The number of esters is 1. The van der Waals surface area contributed by atoms with Gasteiger partial charge in [-0.25, -0.2) is 4.79 Å². The van der Waals surface area contributed by atoms with Gasteiger partial charge in [0.15, 0.2) is 0 Å². The summed E-state index contributed by atoms with van der Waals surface area (Å²) >= 11 is 0. The first-order chi connectivity index (χ1) is 8.52. The first-order valence-corrected chi connectivity index (χ1v) is 6.08. The van der Waals surface area contributed by atoms with Gasteiger partial charge in [0.05, 0.1) is 0 Å². The van der Waals surface area contributed by atoms with E-state index >= 15 is 0 Å². The third-order valence-corrected chi connectivity index (χ3v) is 2.52. The minimum absolute atomic E-state index is 0.291. The second-order valence-electron chi connectivity index (χ2n) is 4.49. The molecule has 1 aromatic rings. The van der Waals surface area contributed by atoms with Gasteiger partial charge in [-0.15, -0.1) is 0 Å². The highest BCUT2D eigenvalue weighted by atomic mass is 16.6. The Kier molecular flexibility index (Phi) is 5.43. The molecule has 0 aliphatic carbocycles. The van der Waals surface area contributed by atoms with Crippen molar-refractivity contribution in [2.24, 2.45) is 0 Å². The molecule has 0 radical (unpaired) electrons. The molecular formula is C15H20O3. The van der Waals surface area contributed by atoms with E-state index in [1.807, 2.05) is 24.3 Å². The van der Waals surface area contributed by atoms with E-state index in [0.29, 0.717) is 12.5 Å². The van der Waals surface area contributed by atoms with Crippen LogP contribution in [0.5, 0.6) is 5.75 Å². The molecule has 0 bridgehead atoms. The number of ether oxygens (including phenoxy) is 2. The fraction of sp³-hybridized carbons (Fsp3) is 0.400. The van der Waals surface area contributed by atoms with Crippen LogP contribution in [-0.2, 0) is 9.53 Å². The SMILES string of the molecule is C=CC(=O)OC(C)COc1ccc(C(C)C)cc1. The van der Waals surface area contributed by atoms with Crippen LogP contribution in [0.15, 0.2) is 36.9 Å². The minimum atomic E-state index is -0.429. The van der Waals surface area contributed by atoms with Crippen LogP contribution in [-0.4, -0.2) is 18.7 Å². The van der Waals surface area contributed by atoms with Crippen LogP contribution in [0.4, 0.5) is 0 Å². The van der Waals surface area contributed by atoms with E-state index in [0.717, 1.165) is 11.8 Å². The minimum Gasteiger partial charge on any atom is -0.490 e. The zero-order valence-electron chi connectivity index (χ0n) is 11.2. The molecule has 18 heavy (non-hydrogen) atoms. The van der Waals surface area contributed by atoms with Crippen LogP contribution in [0.2, 0.25) is 0 Å². The molecule has 0 aliphatic rings. The molecule has 98 valence electrons. The lowest BCUT2D eigenvalue weighted by Crippen LogP contribution is -2.20. The van der Waals surface area contributed by atoms with E-state index < -0.39 is 5.97 Å².